The van der Waals surface area contributed by atoms with Crippen LogP contribution in [0.2, 0.25) is 0 Å². The molecule has 2 heterocycles. The summed E-state index contributed by atoms with van der Waals surface area (Å²) in [6.45, 7) is 4.30. The molecule has 0 spiro atoms. The number of likely N-dealkylation sites (N-methyl/N-ethyl adjacent to an activating group) is 1. The molecule has 8 nitrogen and oxygen atoms in total. The fourth-order valence-corrected chi connectivity index (χ4v) is 7.22. The smallest absolute Gasteiger partial charge is 0.270 e. The molecule has 0 fully saturated rings. The monoisotopic (exact) mass is 599 g/mol. The van der Waals surface area contributed by atoms with Crippen LogP contribution in [0.4, 0.5) is 22.7 Å². The van der Waals surface area contributed by atoms with Crippen molar-refractivity contribution < 1.29 is 14.4 Å². The molecule has 2 atom stereocenters. The van der Waals surface area contributed by atoms with Gasteiger partial charge in [0.15, 0.2) is 5.71 Å². The Kier molecular flexibility index (Phi) is 7.44. The standard InChI is InChI=1S/C37H35N4O4/c1-36(24-26-12-7-5-8-13-26)30-22-28(40(42)43)18-20-32(30)38(3)34(36)16-11-17-35-37(2,25-27-14-9-6-10-15-27)31-23-29(41(44)45)19-21-33(31)39(35)4/h5-23H,24-25H2,1-4H3/q+1. The van der Waals surface area contributed by atoms with Gasteiger partial charge in [0, 0.05) is 65.8 Å². The summed E-state index contributed by atoms with van der Waals surface area (Å²) in [6, 6.07) is 30.6. The number of allylic oxidation sites excluding steroid dienone is 4. The van der Waals surface area contributed by atoms with Gasteiger partial charge in [0.25, 0.3) is 11.4 Å². The van der Waals surface area contributed by atoms with Gasteiger partial charge < -0.3 is 4.90 Å². The van der Waals surface area contributed by atoms with E-state index in [2.05, 4.69) is 59.7 Å². The van der Waals surface area contributed by atoms with Crippen LogP contribution in [0.5, 0.6) is 0 Å². The Bertz CT molecular complexity index is 1920. The van der Waals surface area contributed by atoms with E-state index >= 15 is 0 Å². The highest BCUT2D eigenvalue weighted by Crippen LogP contribution is 2.50. The minimum Gasteiger partial charge on any atom is -0.347 e. The molecule has 2 unspecified atom stereocenters. The maximum atomic E-state index is 11.7. The van der Waals surface area contributed by atoms with E-state index in [1.165, 1.54) is 0 Å². The quantitative estimate of drug-likeness (QED) is 0.117. The van der Waals surface area contributed by atoms with E-state index in [-0.39, 0.29) is 21.2 Å². The van der Waals surface area contributed by atoms with Crippen LogP contribution in [0, 0.1) is 20.2 Å². The second-order valence-corrected chi connectivity index (χ2v) is 12.3. The highest BCUT2D eigenvalue weighted by molar-refractivity contribution is 6.04. The Hall–Kier alpha value is -5.37. The lowest BCUT2D eigenvalue weighted by Crippen LogP contribution is -2.33. The maximum Gasteiger partial charge on any atom is 0.270 e. The number of hydrogen-bond donors (Lipinski definition) is 0. The first-order valence-electron chi connectivity index (χ1n) is 14.9. The maximum absolute atomic E-state index is 11.7. The lowest BCUT2D eigenvalue weighted by Gasteiger charge is -2.29. The summed E-state index contributed by atoms with van der Waals surface area (Å²) in [5.74, 6) is 0. The average Bonchev–Trinajstić information content (AvgIpc) is 3.36. The van der Waals surface area contributed by atoms with Crippen LogP contribution in [0.25, 0.3) is 0 Å². The molecule has 0 N–H and O–H groups in total. The number of nitro benzene ring substituents is 2. The molecule has 0 aromatic heterocycles. The molecule has 45 heavy (non-hydrogen) atoms. The second-order valence-electron chi connectivity index (χ2n) is 12.3. The molecule has 6 rings (SSSR count). The first-order chi connectivity index (χ1) is 21.5. The van der Waals surface area contributed by atoms with E-state index in [9.17, 15) is 20.2 Å². The number of nitrogens with zero attached hydrogens (tertiary/aromatic N) is 4. The minimum atomic E-state index is -0.523. The van der Waals surface area contributed by atoms with Crippen LogP contribution in [0.15, 0.2) is 121 Å². The number of rotatable bonds is 8. The number of nitro groups is 2. The third-order valence-electron chi connectivity index (χ3n) is 9.46. The molecule has 8 heteroatoms. The van der Waals surface area contributed by atoms with Crippen molar-refractivity contribution in [3.63, 3.8) is 0 Å². The predicted octanol–water partition coefficient (Wildman–Crippen LogP) is 7.82. The Morgan fingerprint density at radius 3 is 1.87 bits per heavy atom. The molecule has 0 saturated carbocycles. The van der Waals surface area contributed by atoms with Gasteiger partial charge in [-0.2, -0.15) is 4.58 Å². The van der Waals surface area contributed by atoms with E-state index in [4.69, 9.17) is 0 Å². The summed E-state index contributed by atoms with van der Waals surface area (Å²) in [4.78, 5) is 24.9. The molecule has 4 aromatic rings. The number of benzene rings is 4. The Balaban J connectivity index is 1.44. The van der Waals surface area contributed by atoms with E-state index in [0.717, 1.165) is 45.0 Å². The zero-order valence-corrected chi connectivity index (χ0v) is 25.8. The van der Waals surface area contributed by atoms with Gasteiger partial charge in [-0.15, -0.1) is 0 Å². The molecule has 4 aromatic carbocycles. The van der Waals surface area contributed by atoms with Crippen molar-refractivity contribution in [3.05, 3.63) is 163 Å². The summed E-state index contributed by atoms with van der Waals surface area (Å²) in [6.07, 6.45) is 7.59. The van der Waals surface area contributed by atoms with Crippen molar-refractivity contribution in [2.45, 2.75) is 37.5 Å². The van der Waals surface area contributed by atoms with Gasteiger partial charge in [-0.25, -0.2) is 0 Å². The van der Waals surface area contributed by atoms with Crippen molar-refractivity contribution in [1.29, 1.82) is 0 Å². The third kappa shape index (κ3) is 5.12. The van der Waals surface area contributed by atoms with Gasteiger partial charge in [-0.05, 0) is 55.5 Å². The highest BCUT2D eigenvalue weighted by atomic mass is 16.6. The minimum absolute atomic E-state index is 0.0740. The molecule has 0 bridgehead atoms. The lowest BCUT2D eigenvalue weighted by molar-refractivity contribution is -0.402. The molecular formula is C37H35N4O4+. The fraction of sp³-hybridized carbons (Fsp3) is 0.216. The van der Waals surface area contributed by atoms with Crippen molar-refractivity contribution in [1.82, 2.24) is 0 Å². The average molecular weight is 600 g/mol. The topological polar surface area (TPSA) is 92.5 Å². The summed E-state index contributed by atoms with van der Waals surface area (Å²) < 4.78 is 2.12. The van der Waals surface area contributed by atoms with Crippen LogP contribution >= 0.6 is 0 Å². The second kappa shape index (κ2) is 11.3. The Morgan fingerprint density at radius 2 is 1.29 bits per heavy atom. The van der Waals surface area contributed by atoms with Gasteiger partial charge in [-0.3, -0.25) is 20.2 Å². The largest absolute Gasteiger partial charge is 0.347 e. The SMILES string of the molecule is CN1/C(=C/C=C/C2=[N+](C)c3ccc([N+](=O)[O-])cc3C2(C)Cc2ccccc2)C(C)(Cc2ccccc2)c2cc([N+](=O)[O-])ccc21. The number of anilines is 1. The zero-order valence-electron chi connectivity index (χ0n) is 25.8. The highest BCUT2D eigenvalue weighted by Gasteiger charge is 2.48. The normalized spacial score (nSPS) is 21.4. The molecule has 0 saturated heterocycles. The van der Waals surface area contributed by atoms with Crippen LogP contribution in [-0.4, -0.2) is 34.2 Å². The molecule has 226 valence electrons. The first kappa shape index (κ1) is 29.7. The van der Waals surface area contributed by atoms with E-state index in [1.807, 2.05) is 68.7 Å². The number of non-ortho nitro benzene ring substituents is 2. The van der Waals surface area contributed by atoms with Crippen molar-refractivity contribution in [2.24, 2.45) is 0 Å². The van der Waals surface area contributed by atoms with Gasteiger partial charge in [0.2, 0.25) is 5.69 Å². The molecule has 2 aliphatic rings. The summed E-state index contributed by atoms with van der Waals surface area (Å²) in [5, 5.41) is 23.5. The number of fused-ring (bicyclic) bond motifs is 2. The van der Waals surface area contributed by atoms with Gasteiger partial charge >= 0.3 is 0 Å². The lowest BCUT2D eigenvalue weighted by atomic mass is 9.74. The molecule has 0 radical (unpaired) electrons. The molecule has 0 aliphatic carbocycles. The summed E-state index contributed by atoms with van der Waals surface area (Å²) in [5.41, 5.74) is 7.15. The summed E-state index contributed by atoms with van der Waals surface area (Å²) >= 11 is 0. The van der Waals surface area contributed by atoms with Crippen LogP contribution in [-0.2, 0) is 23.7 Å². The number of hydrogen-bond acceptors (Lipinski definition) is 5. The van der Waals surface area contributed by atoms with Crippen LogP contribution in [0.3, 0.4) is 0 Å². The van der Waals surface area contributed by atoms with Gasteiger partial charge in [0.05, 0.1) is 15.3 Å². The Morgan fingerprint density at radius 1 is 0.756 bits per heavy atom. The third-order valence-corrected chi connectivity index (χ3v) is 9.46. The molecular weight excluding hydrogens is 564 g/mol. The van der Waals surface area contributed by atoms with Gasteiger partial charge in [0.1, 0.15) is 7.05 Å². The first-order valence-corrected chi connectivity index (χ1v) is 14.9. The van der Waals surface area contributed by atoms with E-state index < -0.39 is 10.8 Å². The van der Waals surface area contributed by atoms with Crippen LogP contribution in [0.1, 0.15) is 36.1 Å². The predicted molar refractivity (Wildman–Crippen MR) is 178 cm³/mol. The molecule has 2 aliphatic heterocycles. The van der Waals surface area contributed by atoms with Crippen molar-refractivity contribution >= 4 is 28.5 Å². The fourth-order valence-electron chi connectivity index (χ4n) is 7.22. The Labute approximate surface area is 262 Å². The van der Waals surface area contributed by atoms with Crippen molar-refractivity contribution in [2.75, 3.05) is 19.0 Å². The van der Waals surface area contributed by atoms with E-state index in [1.54, 1.807) is 24.3 Å². The van der Waals surface area contributed by atoms with Gasteiger partial charge in [-0.1, -0.05) is 66.7 Å². The molecule has 0 amide bonds. The van der Waals surface area contributed by atoms with Crippen molar-refractivity contribution in [3.8, 4) is 0 Å². The zero-order chi connectivity index (χ0) is 31.9. The van der Waals surface area contributed by atoms with Crippen LogP contribution < -0.4 is 4.90 Å². The van der Waals surface area contributed by atoms with E-state index in [0.29, 0.717) is 12.8 Å². The summed E-state index contributed by atoms with van der Waals surface area (Å²) in [7, 11) is 4.01.